The monoisotopic (exact) mass is 250 g/mol. The number of carbonyl (C=O) groups is 1. The van der Waals surface area contributed by atoms with E-state index in [4.69, 9.17) is 18.0 Å². The van der Waals surface area contributed by atoms with Crippen molar-refractivity contribution < 1.29 is 4.79 Å². The van der Waals surface area contributed by atoms with Gasteiger partial charge < -0.3 is 11.1 Å². The lowest BCUT2D eigenvalue weighted by molar-refractivity contribution is 0.0941. The van der Waals surface area contributed by atoms with Crippen molar-refractivity contribution in [3.8, 4) is 0 Å². The Labute approximate surface area is 107 Å². The number of rotatable bonds is 4. The molecule has 1 unspecified atom stereocenters. The molecule has 0 aliphatic heterocycles. The van der Waals surface area contributed by atoms with Gasteiger partial charge in [-0.1, -0.05) is 29.4 Å². The molecule has 0 saturated heterocycles. The van der Waals surface area contributed by atoms with E-state index in [0.29, 0.717) is 17.0 Å². The quantitative estimate of drug-likeness (QED) is 0.805. The van der Waals surface area contributed by atoms with Gasteiger partial charge in [0, 0.05) is 18.0 Å². The molecule has 3 nitrogen and oxygen atoms in total. The summed E-state index contributed by atoms with van der Waals surface area (Å²) in [6, 6.07) is 5.74. The number of amides is 1. The van der Waals surface area contributed by atoms with Crippen LogP contribution in [0.15, 0.2) is 18.2 Å². The van der Waals surface area contributed by atoms with Gasteiger partial charge in [0.15, 0.2) is 0 Å². The summed E-state index contributed by atoms with van der Waals surface area (Å²) in [6.45, 7) is 5.84. The maximum absolute atomic E-state index is 11.9. The van der Waals surface area contributed by atoms with Gasteiger partial charge >= 0.3 is 0 Å². The molecule has 0 fully saturated rings. The fourth-order valence-electron chi connectivity index (χ4n) is 1.77. The maximum atomic E-state index is 11.9. The van der Waals surface area contributed by atoms with E-state index in [9.17, 15) is 4.79 Å². The molecule has 4 heteroatoms. The van der Waals surface area contributed by atoms with Crippen molar-refractivity contribution in [2.45, 2.75) is 33.2 Å². The molecular weight excluding hydrogens is 232 g/mol. The zero-order chi connectivity index (χ0) is 13.0. The highest BCUT2D eigenvalue weighted by Crippen LogP contribution is 2.09. The number of nitrogens with two attached hydrogens (primary N) is 1. The molecule has 0 saturated carbocycles. The zero-order valence-electron chi connectivity index (χ0n) is 10.4. The lowest BCUT2D eigenvalue weighted by Crippen LogP contribution is -2.35. The van der Waals surface area contributed by atoms with E-state index in [1.54, 1.807) is 0 Å². The van der Waals surface area contributed by atoms with Crippen molar-refractivity contribution >= 4 is 23.1 Å². The van der Waals surface area contributed by atoms with Gasteiger partial charge in [-0.15, -0.1) is 0 Å². The first-order chi connectivity index (χ1) is 7.88. The molecule has 0 aliphatic carbocycles. The number of benzene rings is 1. The third-order valence-corrected chi connectivity index (χ3v) is 2.54. The van der Waals surface area contributed by atoms with Crippen molar-refractivity contribution in [2.75, 3.05) is 0 Å². The Morgan fingerprint density at radius 3 is 2.35 bits per heavy atom. The van der Waals surface area contributed by atoms with Gasteiger partial charge in [0.25, 0.3) is 5.91 Å². The number of thiocarbonyl (C=S) groups is 1. The highest BCUT2D eigenvalue weighted by molar-refractivity contribution is 7.80. The standard InChI is InChI=1S/C13H18N2OS/c1-8-4-9(2)6-11(5-8)13(16)15-10(3)7-12(14)17/h4-6,10H,7H2,1-3H3,(H2,14,17)(H,15,16). The number of carbonyl (C=O) groups excluding carboxylic acids is 1. The summed E-state index contributed by atoms with van der Waals surface area (Å²) in [4.78, 5) is 12.4. The van der Waals surface area contributed by atoms with Gasteiger partial charge in [-0.2, -0.15) is 0 Å². The van der Waals surface area contributed by atoms with Crippen LogP contribution in [0.25, 0.3) is 0 Å². The first-order valence-electron chi connectivity index (χ1n) is 5.56. The highest BCUT2D eigenvalue weighted by Gasteiger charge is 2.11. The largest absolute Gasteiger partial charge is 0.393 e. The number of hydrogen-bond acceptors (Lipinski definition) is 2. The molecule has 0 heterocycles. The minimum atomic E-state index is -0.0828. The van der Waals surface area contributed by atoms with Crippen molar-refractivity contribution in [3.05, 3.63) is 34.9 Å². The molecular formula is C13H18N2OS. The molecule has 1 rings (SSSR count). The molecule has 92 valence electrons. The second kappa shape index (κ2) is 5.77. The first-order valence-corrected chi connectivity index (χ1v) is 5.97. The molecule has 1 aromatic carbocycles. The smallest absolute Gasteiger partial charge is 0.251 e. The van der Waals surface area contributed by atoms with Crippen LogP contribution in [0.4, 0.5) is 0 Å². The van der Waals surface area contributed by atoms with Crippen LogP contribution in [-0.2, 0) is 0 Å². The Morgan fingerprint density at radius 1 is 1.35 bits per heavy atom. The third-order valence-electron chi connectivity index (χ3n) is 2.37. The van der Waals surface area contributed by atoms with Gasteiger partial charge in [0.2, 0.25) is 0 Å². The predicted octanol–water partition coefficient (Wildman–Crippen LogP) is 2.10. The van der Waals surface area contributed by atoms with Crippen molar-refractivity contribution in [1.82, 2.24) is 5.32 Å². The van der Waals surface area contributed by atoms with Crippen LogP contribution in [0.3, 0.4) is 0 Å². The van der Waals surface area contributed by atoms with Crippen LogP contribution in [0.1, 0.15) is 34.8 Å². The Bertz CT molecular complexity index is 423. The molecule has 1 amide bonds. The second-order valence-corrected chi connectivity index (χ2v) is 4.95. The summed E-state index contributed by atoms with van der Waals surface area (Å²) in [5.41, 5.74) is 8.28. The summed E-state index contributed by atoms with van der Waals surface area (Å²) < 4.78 is 0. The van der Waals surface area contributed by atoms with Gasteiger partial charge in [0.05, 0.1) is 4.99 Å². The topological polar surface area (TPSA) is 55.1 Å². The number of hydrogen-bond donors (Lipinski definition) is 2. The molecule has 0 spiro atoms. The minimum Gasteiger partial charge on any atom is -0.393 e. The molecule has 3 N–H and O–H groups in total. The summed E-state index contributed by atoms with van der Waals surface area (Å²) in [5.74, 6) is -0.0828. The first kappa shape index (κ1) is 13.6. The summed E-state index contributed by atoms with van der Waals surface area (Å²) >= 11 is 4.81. The Hall–Kier alpha value is -1.42. The summed E-state index contributed by atoms with van der Waals surface area (Å²) in [7, 11) is 0. The molecule has 0 bridgehead atoms. The summed E-state index contributed by atoms with van der Waals surface area (Å²) in [5, 5.41) is 2.88. The van der Waals surface area contributed by atoms with Gasteiger partial charge in [-0.25, -0.2) is 0 Å². The predicted molar refractivity (Wildman–Crippen MR) is 74.2 cm³/mol. The van der Waals surface area contributed by atoms with Crippen LogP contribution in [-0.4, -0.2) is 16.9 Å². The van der Waals surface area contributed by atoms with Crippen LogP contribution >= 0.6 is 12.2 Å². The van der Waals surface area contributed by atoms with Crippen molar-refractivity contribution in [2.24, 2.45) is 5.73 Å². The SMILES string of the molecule is Cc1cc(C)cc(C(=O)NC(C)CC(N)=S)c1. The van der Waals surface area contributed by atoms with E-state index in [1.807, 2.05) is 39.0 Å². The Balaban J connectivity index is 2.72. The maximum Gasteiger partial charge on any atom is 0.251 e. The highest BCUT2D eigenvalue weighted by atomic mass is 32.1. The Morgan fingerprint density at radius 2 is 1.88 bits per heavy atom. The van der Waals surface area contributed by atoms with E-state index in [2.05, 4.69) is 5.32 Å². The molecule has 1 aromatic rings. The van der Waals surface area contributed by atoms with E-state index in [-0.39, 0.29) is 11.9 Å². The second-order valence-electron chi connectivity index (χ2n) is 4.42. The van der Waals surface area contributed by atoms with E-state index >= 15 is 0 Å². The lowest BCUT2D eigenvalue weighted by atomic mass is 10.1. The van der Waals surface area contributed by atoms with Crippen molar-refractivity contribution in [1.29, 1.82) is 0 Å². The fraction of sp³-hybridized carbons (Fsp3) is 0.385. The molecule has 17 heavy (non-hydrogen) atoms. The molecule has 0 aliphatic rings. The molecule has 0 aromatic heterocycles. The van der Waals surface area contributed by atoms with E-state index < -0.39 is 0 Å². The van der Waals surface area contributed by atoms with Crippen molar-refractivity contribution in [3.63, 3.8) is 0 Å². The van der Waals surface area contributed by atoms with Gasteiger partial charge in [0.1, 0.15) is 0 Å². The molecule has 1 atom stereocenters. The lowest BCUT2D eigenvalue weighted by Gasteiger charge is -2.13. The van der Waals surface area contributed by atoms with Gasteiger partial charge in [-0.3, -0.25) is 4.79 Å². The molecule has 0 radical (unpaired) electrons. The van der Waals surface area contributed by atoms with Gasteiger partial charge in [-0.05, 0) is 32.9 Å². The van der Waals surface area contributed by atoms with E-state index in [0.717, 1.165) is 11.1 Å². The number of nitrogens with one attached hydrogen (secondary N) is 1. The van der Waals surface area contributed by atoms with Crippen LogP contribution in [0.5, 0.6) is 0 Å². The average Bonchev–Trinajstić information content (AvgIpc) is 2.14. The van der Waals surface area contributed by atoms with Crippen LogP contribution in [0.2, 0.25) is 0 Å². The van der Waals surface area contributed by atoms with E-state index in [1.165, 1.54) is 0 Å². The van der Waals surface area contributed by atoms with Crippen LogP contribution < -0.4 is 11.1 Å². The fourth-order valence-corrected chi connectivity index (χ4v) is 2.02. The Kier molecular flexibility index (Phi) is 4.63. The summed E-state index contributed by atoms with van der Waals surface area (Å²) in [6.07, 6.45) is 0.520. The zero-order valence-corrected chi connectivity index (χ0v) is 11.2. The normalized spacial score (nSPS) is 11.9. The minimum absolute atomic E-state index is 0.0409. The number of aryl methyl sites for hydroxylation is 2. The third kappa shape index (κ3) is 4.53. The average molecular weight is 250 g/mol. The van der Waals surface area contributed by atoms with Crippen LogP contribution in [0, 0.1) is 13.8 Å².